The minimum absolute atomic E-state index is 0.0106. The van der Waals surface area contributed by atoms with Crippen LogP contribution in [-0.4, -0.2) is 28.2 Å². The van der Waals surface area contributed by atoms with Gasteiger partial charge in [-0.1, -0.05) is 0 Å². The number of nitrogens with zero attached hydrogens (tertiary/aromatic N) is 1. The molecule has 1 aliphatic rings. The standard InChI is InChI=1S/C13H14ClN3O/c14-7-12(18)8-3-4-9-11(6-8)17-13(16-9)10-2-1-5-15-10/h3-4,6,10,15H,1-2,5,7H2,(H,16,17). The number of ketones is 1. The summed E-state index contributed by atoms with van der Waals surface area (Å²) < 4.78 is 0. The Balaban J connectivity index is 1.98. The lowest BCUT2D eigenvalue weighted by Gasteiger charge is -2.04. The maximum atomic E-state index is 11.5. The van der Waals surface area contributed by atoms with Crippen LogP contribution in [0.3, 0.4) is 0 Å². The summed E-state index contributed by atoms with van der Waals surface area (Å²) in [6.45, 7) is 1.04. The van der Waals surface area contributed by atoms with Gasteiger partial charge in [-0.15, -0.1) is 11.6 Å². The van der Waals surface area contributed by atoms with E-state index in [1.807, 2.05) is 12.1 Å². The van der Waals surface area contributed by atoms with Crippen LogP contribution in [0.1, 0.15) is 35.1 Å². The molecule has 18 heavy (non-hydrogen) atoms. The van der Waals surface area contributed by atoms with Crippen LogP contribution in [0.2, 0.25) is 0 Å². The van der Waals surface area contributed by atoms with E-state index in [2.05, 4.69) is 15.3 Å². The van der Waals surface area contributed by atoms with Crippen molar-refractivity contribution in [2.45, 2.75) is 18.9 Å². The van der Waals surface area contributed by atoms with Crippen molar-refractivity contribution in [2.75, 3.05) is 12.4 Å². The molecule has 4 nitrogen and oxygen atoms in total. The third-order valence-corrected chi connectivity index (χ3v) is 3.58. The highest BCUT2D eigenvalue weighted by Crippen LogP contribution is 2.23. The Morgan fingerprint density at radius 1 is 1.50 bits per heavy atom. The SMILES string of the molecule is O=C(CCl)c1ccc2nc(C3CCCN3)[nH]c2c1. The summed E-state index contributed by atoms with van der Waals surface area (Å²) in [6, 6.07) is 5.78. The van der Waals surface area contributed by atoms with Gasteiger partial charge in [0.1, 0.15) is 5.82 Å². The zero-order chi connectivity index (χ0) is 12.5. The van der Waals surface area contributed by atoms with Crippen LogP contribution in [-0.2, 0) is 0 Å². The Morgan fingerprint density at radius 2 is 2.39 bits per heavy atom. The van der Waals surface area contributed by atoms with E-state index >= 15 is 0 Å². The number of carbonyl (C=O) groups is 1. The fraction of sp³-hybridized carbons (Fsp3) is 0.385. The second-order valence-corrected chi connectivity index (χ2v) is 4.83. The number of carbonyl (C=O) groups excluding carboxylic acids is 1. The second kappa shape index (κ2) is 4.71. The minimum atomic E-state index is -0.0614. The van der Waals surface area contributed by atoms with Crippen LogP contribution in [0.5, 0.6) is 0 Å². The topological polar surface area (TPSA) is 57.8 Å². The van der Waals surface area contributed by atoms with E-state index in [9.17, 15) is 4.79 Å². The van der Waals surface area contributed by atoms with Crippen LogP contribution in [0, 0.1) is 0 Å². The maximum absolute atomic E-state index is 11.5. The monoisotopic (exact) mass is 263 g/mol. The zero-order valence-electron chi connectivity index (χ0n) is 9.87. The number of fused-ring (bicyclic) bond motifs is 1. The average molecular weight is 264 g/mol. The van der Waals surface area contributed by atoms with Gasteiger partial charge in [0, 0.05) is 5.56 Å². The number of halogens is 1. The molecule has 0 amide bonds. The summed E-state index contributed by atoms with van der Waals surface area (Å²) in [4.78, 5) is 19.4. The minimum Gasteiger partial charge on any atom is -0.341 e. The summed E-state index contributed by atoms with van der Waals surface area (Å²) in [5.41, 5.74) is 2.42. The van der Waals surface area contributed by atoms with Crippen molar-refractivity contribution in [3.63, 3.8) is 0 Å². The van der Waals surface area contributed by atoms with E-state index < -0.39 is 0 Å². The highest BCUT2D eigenvalue weighted by atomic mass is 35.5. The molecule has 2 heterocycles. The quantitative estimate of drug-likeness (QED) is 0.660. The van der Waals surface area contributed by atoms with E-state index in [1.54, 1.807) is 6.07 Å². The van der Waals surface area contributed by atoms with E-state index in [0.717, 1.165) is 29.8 Å². The first-order valence-corrected chi connectivity index (χ1v) is 6.63. The molecule has 1 aromatic heterocycles. The summed E-state index contributed by atoms with van der Waals surface area (Å²) in [5, 5.41) is 3.40. The fourth-order valence-electron chi connectivity index (χ4n) is 2.36. The molecule has 0 bridgehead atoms. The third-order valence-electron chi connectivity index (χ3n) is 3.33. The summed E-state index contributed by atoms with van der Waals surface area (Å²) in [5.74, 6) is 0.906. The molecule has 1 atom stereocenters. The molecule has 1 aliphatic heterocycles. The lowest BCUT2D eigenvalue weighted by atomic mass is 10.1. The van der Waals surface area contributed by atoms with Gasteiger partial charge in [0.15, 0.2) is 5.78 Å². The average Bonchev–Trinajstić information content (AvgIpc) is 3.04. The number of hydrogen-bond donors (Lipinski definition) is 2. The zero-order valence-corrected chi connectivity index (χ0v) is 10.6. The number of imidazole rings is 1. The van der Waals surface area contributed by atoms with Gasteiger partial charge in [-0.05, 0) is 37.6 Å². The van der Waals surface area contributed by atoms with Gasteiger partial charge in [0.25, 0.3) is 0 Å². The molecule has 94 valence electrons. The van der Waals surface area contributed by atoms with E-state index in [-0.39, 0.29) is 11.7 Å². The van der Waals surface area contributed by atoms with Gasteiger partial charge in [0.2, 0.25) is 0 Å². The first-order valence-electron chi connectivity index (χ1n) is 6.10. The van der Waals surface area contributed by atoms with Crippen molar-refractivity contribution in [1.29, 1.82) is 0 Å². The van der Waals surface area contributed by atoms with E-state index in [1.165, 1.54) is 6.42 Å². The van der Waals surface area contributed by atoms with Crippen molar-refractivity contribution < 1.29 is 4.79 Å². The van der Waals surface area contributed by atoms with Crippen molar-refractivity contribution in [3.8, 4) is 0 Å². The smallest absolute Gasteiger partial charge is 0.177 e. The van der Waals surface area contributed by atoms with Crippen molar-refractivity contribution in [3.05, 3.63) is 29.6 Å². The lowest BCUT2D eigenvalue weighted by Crippen LogP contribution is -2.13. The third kappa shape index (κ3) is 2.02. The maximum Gasteiger partial charge on any atom is 0.177 e. The normalized spacial score (nSPS) is 19.5. The van der Waals surface area contributed by atoms with E-state index in [4.69, 9.17) is 11.6 Å². The number of Topliss-reactive ketones (excluding diaryl/α,β-unsaturated/α-hetero) is 1. The number of nitrogens with one attached hydrogen (secondary N) is 2. The number of aromatic amines is 1. The number of hydrogen-bond acceptors (Lipinski definition) is 3. The predicted molar refractivity (Wildman–Crippen MR) is 71.1 cm³/mol. The van der Waals surface area contributed by atoms with Crippen LogP contribution in [0.15, 0.2) is 18.2 Å². The summed E-state index contributed by atoms with van der Waals surface area (Å²) >= 11 is 5.56. The number of H-pyrrole nitrogens is 1. The van der Waals surface area contributed by atoms with Crippen molar-refractivity contribution >= 4 is 28.4 Å². The molecule has 0 saturated carbocycles. The molecule has 0 aliphatic carbocycles. The van der Waals surface area contributed by atoms with Gasteiger partial charge in [0.05, 0.1) is 23.0 Å². The second-order valence-electron chi connectivity index (χ2n) is 4.56. The summed E-state index contributed by atoms with van der Waals surface area (Å²) in [6.07, 6.45) is 2.28. The van der Waals surface area contributed by atoms with Gasteiger partial charge < -0.3 is 10.3 Å². The molecule has 1 unspecified atom stereocenters. The Labute approximate surface area is 110 Å². The fourth-order valence-corrected chi connectivity index (χ4v) is 2.52. The first-order chi connectivity index (χ1) is 8.78. The Kier molecular flexibility index (Phi) is 3.06. The van der Waals surface area contributed by atoms with Gasteiger partial charge in [-0.25, -0.2) is 4.98 Å². The summed E-state index contributed by atoms with van der Waals surface area (Å²) in [7, 11) is 0. The molecule has 2 N–H and O–H groups in total. The number of rotatable bonds is 3. The van der Waals surface area contributed by atoms with Gasteiger partial charge in [-0.2, -0.15) is 0 Å². The molecule has 1 aromatic carbocycles. The predicted octanol–water partition coefficient (Wildman–Crippen LogP) is 2.41. The molecule has 2 aromatic rings. The molecule has 5 heteroatoms. The Morgan fingerprint density at radius 3 is 3.11 bits per heavy atom. The van der Waals surface area contributed by atoms with Crippen LogP contribution in [0.25, 0.3) is 11.0 Å². The van der Waals surface area contributed by atoms with Gasteiger partial charge in [-0.3, -0.25) is 4.79 Å². The molecule has 0 spiro atoms. The molecular formula is C13H14ClN3O. The highest BCUT2D eigenvalue weighted by molar-refractivity contribution is 6.30. The van der Waals surface area contributed by atoms with Gasteiger partial charge >= 0.3 is 0 Å². The Bertz CT molecular complexity index is 587. The molecular weight excluding hydrogens is 250 g/mol. The van der Waals surface area contributed by atoms with Crippen LogP contribution < -0.4 is 5.32 Å². The van der Waals surface area contributed by atoms with E-state index in [0.29, 0.717) is 11.6 Å². The first kappa shape index (κ1) is 11.7. The number of benzene rings is 1. The van der Waals surface area contributed by atoms with Crippen molar-refractivity contribution in [1.82, 2.24) is 15.3 Å². The van der Waals surface area contributed by atoms with Crippen molar-refractivity contribution in [2.24, 2.45) is 0 Å². The molecule has 1 saturated heterocycles. The van der Waals surface area contributed by atoms with Crippen LogP contribution in [0.4, 0.5) is 0 Å². The molecule has 1 fully saturated rings. The Hall–Kier alpha value is -1.39. The molecule has 0 radical (unpaired) electrons. The largest absolute Gasteiger partial charge is 0.341 e. The number of alkyl halides is 1. The highest BCUT2D eigenvalue weighted by Gasteiger charge is 2.19. The molecule has 3 rings (SSSR count). The lowest BCUT2D eigenvalue weighted by molar-refractivity contribution is 0.102. The van der Waals surface area contributed by atoms with Crippen LogP contribution >= 0.6 is 11.6 Å². The number of aromatic nitrogens is 2.